The molecule has 1 aromatic carbocycles. The number of nitrogens with one attached hydrogen (secondary N) is 2. The molecule has 2 aliphatic rings. The van der Waals surface area contributed by atoms with E-state index in [0.29, 0.717) is 13.1 Å². The molecule has 0 saturated heterocycles. The Hall–Kier alpha value is -1.84. The SMILES string of the molecule is CN=C(NCc1ccccc1OCC1CC1)NCc1nnc2n1CCCC2.I. The number of aliphatic imine (C=N–C) groups is 1. The molecule has 8 heteroatoms. The average molecular weight is 496 g/mol. The third-order valence-corrected chi connectivity index (χ3v) is 5.16. The van der Waals surface area contributed by atoms with E-state index in [2.05, 4.69) is 36.5 Å². The molecule has 4 rings (SSSR count). The number of guanidine groups is 1. The molecule has 0 unspecified atom stereocenters. The highest BCUT2D eigenvalue weighted by Gasteiger charge is 2.22. The minimum Gasteiger partial charge on any atom is -0.493 e. The highest BCUT2D eigenvalue weighted by molar-refractivity contribution is 14.0. The number of nitrogens with zero attached hydrogens (tertiary/aromatic N) is 4. The first-order chi connectivity index (χ1) is 13.3. The second-order valence-electron chi connectivity index (χ2n) is 7.28. The summed E-state index contributed by atoms with van der Waals surface area (Å²) in [5.41, 5.74) is 1.14. The van der Waals surface area contributed by atoms with Gasteiger partial charge >= 0.3 is 0 Å². The van der Waals surface area contributed by atoms with Crippen LogP contribution in [0.15, 0.2) is 29.3 Å². The Kier molecular flexibility index (Phi) is 7.52. The van der Waals surface area contributed by atoms with Gasteiger partial charge in [-0.3, -0.25) is 4.99 Å². The summed E-state index contributed by atoms with van der Waals surface area (Å²) >= 11 is 0. The van der Waals surface area contributed by atoms with E-state index in [0.717, 1.165) is 54.4 Å². The van der Waals surface area contributed by atoms with Crippen LogP contribution >= 0.6 is 24.0 Å². The maximum Gasteiger partial charge on any atom is 0.191 e. The zero-order valence-corrected chi connectivity index (χ0v) is 18.7. The Bertz CT molecular complexity index is 802. The van der Waals surface area contributed by atoms with E-state index < -0.39 is 0 Å². The fraction of sp³-hybridized carbons (Fsp3) is 0.550. The molecule has 28 heavy (non-hydrogen) atoms. The Morgan fingerprint density at radius 1 is 1.18 bits per heavy atom. The Labute approximate surface area is 183 Å². The molecule has 0 atom stereocenters. The van der Waals surface area contributed by atoms with Gasteiger partial charge in [0.1, 0.15) is 11.6 Å². The fourth-order valence-corrected chi connectivity index (χ4v) is 3.34. The smallest absolute Gasteiger partial charge is 0.191 e. The number of para-hydroxylation sites is 1. The largest absolute Gasteiger partial charge is 0.493 e. The van der Waals surface area contributed by atoms with Gasteiger partial charge in [-0.25, -0.2) is 0 Å². The van der Waals surface area contributed by atoms with E-state index in [1.165, 1.54) is 25.7 Å². The predicted molar refractivity (Wildman–Crippen MR) is 120 cm³/mol. The number of aromatic nitrogens is 3. The summed E-state index contributed by atoms with van der Waals surface area (Å²) < 4.78 is 8.21. The first-order valence-corrected chi connectivity index (χ1v) is 9.89. The summed E-state index contributed by atoms with van der Waals surface area (Å²) in [5, 5.41) is 15.4. The molecule has 2 aromatic rings. The summed E-state index contributed by atoms with van der Waals surface area (Å²) in [7, 11) is 1.78. The Morgan fingerprint density at radius 3 is 2.82 bits per heavy atom. The molecule has 1 aromatic heterocycles. The lowest BCUT2D eigenvalue weighted by Gasteiger charge is -2.17. The van der Waals surface area contributed by atoms with Gasteiger partial charge in [-0.1, -0.05) is 18.2 Å². The van der Waals surface area contributed by atoms with E-state index in [4.69, 9.17) is 4.74 Å². The number of halogens is 1. The normalized spacial score (nSPS) is 16.1. The maximum atomic E-state index is 5.99. The van der Waals surface area contributed by atoms with Crippen LogP contribution in [0.1, 0.15) is 42.9 Å². The Balaban J connectivity index is 0.00000225. The van der Waals surface area contributed by atoms with Gasteiger partial charge < -0.3 is 19.9 Å². The maximum absolute atomic E-state index is 5.99. The number of aryl methyl sites for hydroxylation is 1. The van der Waals surface area contributed by atoms with Gasteiger partial charge in [0.25, 0.3) is 0 Å². The molecule has 2 N–H and O–H groups in total. The third-order valence-electron chi connectivity index (χ3n) is 5.16. The molecule has 2 heterocycles. The molecule has 7 nitrogen and oxygen atoms in total. The number of hydrogen-bond donors (Lipinski definition) is 2. The standard InChI is InChI=1S/C20H28N6O.HI/c1-21-20(23-13-19-25-24-18-8-4-5-11-26(18)19)22-12-16-6-2-3-7-17(16)27-14-15-9-10-15;/h2-3,6-7,15H,4-5,8-14H2,1H3,(H2,21,22,23);1H. The summed E-state index contributed by atoms with van der Waals surface area (Å²) in [4.78, 5) is 4.32. The van der Waals surface area contributed by atoms with Crippen LogP contribution in [0.3, 0.4) is 0 Å². The molecule has 1 aliphatic carbocycles. The average Bonchev–Trinajstić information content (AvgIpc) is 3.46. The van der Waals surface area contributed by atoms with Gasteiger partial charge in [-0.15, -0.1) is 34.2 Å². The van der Waals surface area contributed by atoms with Crippen molar-refractivity contribution in [2.75, 3.05) is 13.7 Å². The van der Waals surface area contributed by atoms with Gasteiger partial charge in [0.15, 0.2) is 11.8 Å². The first-order valence-electron chi connectivity index (χ1n) is 9.89. The predicted octanol–water partition coefficient (Wildman–Crippen LogP) is 2.89. The second-order valence-corrected chi connectivity index (χ2v) is 7.28. The number of rotatable bonds is 7. The highest BCUT2D eigenvalue weighted by atomic mass is 127. The van der Waals surface area contributed by atoms with Crippen LogP contribution in [0.2, 0.25) is 0 Å². The van der Waals surface area contributed by atoms with Crippen LogP contribution < -0.4 is 15.4 Å². The lowest BCUT2D eigenvalue weighted by atomic mass is 10.2. The monoisotopic (exact) mass is 496 g/mol. The van der Waals surface area contributed by atoms with Crippen molar-refractivity contribution in [2.24, 2.45) is 10.9 Å². The number of ether oxygens (including phenoxy) is 1. The molecule has 1 saturated carbocycles. The van der Waals surface area contributed by atoms with Gasteiger partial charge in [0.05, 0.1) is 13.2 Å². The van der Waals surface area contributed by atoms with Crippen molar-refractivity contribution in [3.63, 3.8) is 0 Å². The third kappa shape index (κ3) is 5.36. The van der Waals surface area contributed by atoms with Crippen LogP contribution in [0.5, 0.6) is 5.75 Å². The fourth-order valence-electron chi connectivity index (χ4n) is 3.34. The van der Waals surface area contributed by atoms with E-state index in [9.17, 15) is 0 Å². The minimum absolute atomic E-state index is 0. The molecule has 0 bridgehead atoms. The quantitative estimate of drug-likeness (QED) is 0.350. The van der Waals surface area contributed by atoms with E-state index in [-0.39, 0.29) is 24.0 Å². The molecular formula is C20H29IN6O. The van der Waals surface area contributed by atoms with Crippen LogP contribution in [-0.2, 0) is 26.1 Å². The number of benzene rings is 1. The molecule has 152 valence electrons. The van der Waals surface area contributed by atoms with Crippen LogP contribution in [-0.4, -0.2) is 34.4 Å². The molecular weight excluding hydrogens is 467 g/mol. The summed E-state index contributed by atoms with van der Waals surface area (Å²) in [5.74, 6) is 4.53. The van der Waals surface area contributed by atoms with Crippen LogP contribution in [0, 0.1) is 5.92 Å². The van der Waals surface area contributed by atoms with Crippen molar-refractivity contribution in [3.8, 4) is 5.75 Å². The van der Waals surface area contributed by atoms with Crippen molar-refractivity contribution in [1.82, 2.24) is 25.4 Å². The molecule has 0 radical (unpaired) electrons. The molecule has 0 amide bonds. The topological polar surface area (TPSA) is 76.4 Å². The zero-order chi connectivity index (χ0) is 18.5. The van der Waals surface area contributed by atoms with E-state index in [1.54, 1.807) is 7.05 Å². The number of hydrogen-bond acceptors (Lipinski definition) is 4. The second kappa shape index (κ2) is 10.1. The Morgan fingerprint density at radius 2 is 2.00 bits per heavy atom. The van der Waals surface area contributed by atoms with Crippen LogP contribution in [0.25, 0.3) is 0 Å². The van der Waals surface area contributed by atoms with Crippen molar-refractivity contribution in [1.29, 1.82) is 0 Å². The summed E-state index contributed by atoms with van der Waals surface area (Å²) in [6, 6.07) is 8.20. The first kappa shape index (κ1) is 20.9. The van der Waals surface area contributed by atoms with Crippen molar-refractivity contribution >= 4 is 29.9 Å². The van der Waals surface area contributed by atoms with Crippen LogP contribution in [0.4, 0.5) is 0 Å². The van der Waals surface area contributed by atoms with Gasteiger partial charge in [-0.2, -0.15) is 0 Å². The van der Waals surface area contributed by atoms with Gasteiger partial charge in [-0.05, 0) is 37.7 Å². The molecule has 0 spiro atoms. The lowest BCUT2D eigenvalue weighted by molar-refractivity contribution is 0.296. The number of fused-ring (bicyclic) bond motifs is 1. The van der Waals surface area contributed by atoms with Crippen molar-refractivity contribution in [2.45, 2.75) is 51.7 Å². The van der Waals surface area contributed by atoms with E-state index >= 15 is 0 Å². The zero-order valence-electron chi connectivity index (χ0n) is 16.4. The summed E-state index contributed by atoms with van der Waals surface area (Å²) in [6.45, 7) is 3.12. The van der Waals surface area contributed by atoms with Gasteiger partial charge in [0.2, 0.25) is 0 Å². The van der Waals surface area contributed by atoms with Gasteiger partial charge in [0, 0.05) is 32.1 Å². The lowest BCUT2D eigenvalue weighted by Crippen LogP contribution is -2.37. The molecule has 1 aliphatic heterocycles. The summed E-state index contributed by atoms with van der Waals surface area (Å²) in [6.07, 6.45) is 6.02. The van der Waals surface area contributed by atoms with Crippen molar-refractivity contribution in [3.05, 3.63) is 41.5 Å². The molecule has 1 fully saturated rings. The highest BCUT2D eigenvalue weighted by Crippen LogP contribution is 2.30. The minimum atomic E-state index is 0. The van der Waals surface area contributed by atoms with Crippen molar-refractivity contribution < 1.29 is 4.74 Å². The van der Waals surface area contributed by atoms with E-state index in [1.807, 2.05) is 18.2 Å².